The molecule has 5 rings (SSSR count). The van der Waals surface area contributed by atoms with Crippen molar-refractivity contribution >= 4 is 28.8 Å². The standard InChI is InChI=1S/C29H24N2O4/c1-20-7-3-6-10-27(20)34-23-13-11-22(12-14-23)30-17-21-18-31(26-9-5-4-8-25(21)26)19-24-15-16-28(35-24)29(32)33-2/h3-18H,19H2,1-2H3. The van der Waals surface area contributed by atoms with Crippen molar-refractivity contribution < 1.29 is 18.7 Å². The van der Waals surface area contributed by atoms with Crippen molar-refractivity contribution in [1.82, 2.24) is 4.57 Å². The molecule has 174 valence electrons. The van der Waals surface area contributed by atoms with Gasteiger partial charge in [-0.25, -0.2) is 4.79 Å². The summed E-state index contributed by atoms with van der Waals surface area (Å²) in [5.41, 5.74) is 3.95. The topological polar surface area (TPSA) is 66.0 Å². The Hall–Kier alpha value is -4.58. The normalized spacial score (nSPS) is 11.3. The molecule has 0 atom stereocenters. The maximum absolute atomic E-state index is 11.7. The first kappa shape index (κ1) is 22.2. The fourth-order valence-corrected chi connectivity index (χ4v) is 3.89. The molecule has 0 unspecified atom stereocenters. The van der Waals surface area contributed by atoms with Crippen LogP contribution in [0.5, 0.6) is 11.5 Å². The Labute approximate surface area is 203 Å². The first-order valence-electron chi connectivity index (χ1n) is 11.2. The van der Waals surface area contributed by atoms with E-state index in [0.29, 0.717) is 12.3 Å². The maximum atomic E-state index is 11.7. The Balaban J connectivity index is 1.35. The SMILES string of the molecule is COC(=O)c1ccc(Cn2cc(C=Nc3ccc(Oc4ccccc4C)cc3)c3ccccc32)o1. The van der Waals surface area contributed by atoms with E-state index in [4.69, 9.17) is 13.9 Å². The average Bonchev–Trinajstić information content (AvgIpc) is 3.50. The fraction of sp³-hybridized carbons (Fsp3) is 0.103. The number of benzene rings is 3. The second kappa shape index (κ2) is 9.73. The van der Waals surface area contributed by atoms with Gasteiger partial charge >= 0.3 is 5.97 Å². The van der Waals surface area contributed by atoms with Gasteiger partial charge in [-0.2, -0.15) is 0 Å². The summed E-state index contributed by atoms with van der Waals surface area (Å²) in [4.78, 5) is 16.4. The molecule has 2 aromatic heterocycles. The predicted octanol–water partition coefficient (Wildman–Crippen LogP) is 6.92. The highest BCUT2D eigenvalue weighted by Gasteiger charge is 2.13. The number of aliphatic imine (C=N–C) groups is 1. The van der Waals surface area contributed by atoms with Gasteiger partial charge in [0, 0.05) is 28.9 Å². The van der Waals surface area contributed by atoms with Crippen molar-refractivity contribution in [3.8, 4) is 11.5 Å². The van der Waals surface area contributed by atoms with Crippen LogP contribution < -0.4 is 4.74 Å². The quantitative estimate of drug-likeness (QED) is 0.194. The lowest BCUT2D eigenvalue weighted by atomic mass is 10.2. The lowest BCUT2D eigenvalue weighted by Crippen LogP contribution is -1.99. The van der Waals surface area contributed by atoms with Gasteiger partial charge in [-0.1, -0.05) is 36.4 Å². The van der Waals surface area contributed by atoms with Gasteiger partial charge in [-0.15, -0.1) is 0 Å². The van der Waals surface area contributed by atoms with Crippen molar-refractivity contribution in [1.29, 1.82) is 0 Å². The molecule has 0 spiro atoms. The molecule has 0 fully saturated rings. The first-order valence-corrected chi connectivity index (χ1v) is 11.2. The third-order valence-electron chi connectivity index (χ3n) is 5.70. The molecule has 0 aliphatic rings. The van der Waals surface area contributed by atoms with Crippen LogP contribution in [0.15, 0.2) is 101 Å². The highest BCUT2D eigenvalue weighted by atomic mass is 16.5. The number of ether oxygens (including phenoxy) is 2. The van der Waals surface area contributed by atoms with Crippen LogP contribution in [0.3, 0.4) is 0 Å². The summed E-state index contributed by atoms with van der Waals surface area (Å²) in [7, 11) is 1.33. The van der Waals surface area contributed by atoms with Gasteiger partial charge in [-0.3, -0.25) is 4.99 Å². The number of rotatable bonds is 7. The second-order valence-electron chi connectivity index (χ2n) is 8.11. The minimum absolute atomic E-state index is 0.190. The van der Waals surface area contributed by atoms with Crippen LogP contribution in [0.1, 0.15) is 27.4 Å². The Kier molecular flexibility index (Phi) is 6.18. The Morgan fingerprint density at radius 2 is 1.74 bits per heavy atom. The summed E-state index contributed by atoms with van der Waals surface area (Å²) in [5.74, 6) is 1.97. The van der Waals surface area contributed by atoms with Gasteiger partial charge in [-0.05, 0) is 61.0 Å². The molecule has 35 heavy (non-hydrogen) atoms. The largest absolute Gasteiger partial charge is 0.463 e. The third-order valence-corrected chi connectivity index (χ3v) is 5.70. The summed E-state index contributed by atoms with van der Waals surface area (Å²) in [6.07, 6.45) is 3.89. The van der Waals surface area contributed by atoms with Crippen molar-refractivity contribution in [2.75, 3.05) is 7.11 Å². The van der Waals surface area contributed by atoms with Crippen LogP contribution in [-0.4, -0.2) is 23.9 Å². The molecule has 0 aliphatic heterocycles. The third kappa shape index (κ3) is 4.87. The van der Waals surface area contributed by atoms with Crippen LogP contribution in [0.25, 0.3) is 10.9 Å². The van der Waals surface area contributed by atoms with Crippen molar-refractivity contribution in [3.05, 3.63) is 114 Å². The molecular formula is C29H24N2O4. The Morgan fingerprint density at radius 3 is 2.54 bits per heavy atom. The number of nitrogens with zero attached hydrogens (tertiary/aromatic N) is 2. The smallest absolute Gasteiger partial charge is 0.373 e. The number of carbonyl (C=O) groups is 1. The molecule has 0 aliphatic carbocycles. The molecule has 0 amide bonds. The highest BCUT2D eigenvalue weighted by molar-refractivity contribution is 6.00. The summed E-state index contributed by atoms with van der Waals surface area (Å²) in [5, 5.41) is 1.08. The first-order chi connectivity index (χ1) is 17.1. The molecule has 6 nitrogen and oxygen atoms in total. The summed E-state index contributed by atoms with van der Waals surface area (Å²) < 4.78 is 18.4. The van der Waals surface area contributed by atoms with Crippen LogP contribution in [0, 0.1) is 6.92 Å². The molecule has 0 saturated heterocycles. The minimum atomic E-state index is -0.489. The second-order valence-corrected chi connectivity index (χ2v) is 8.11. The minimum Gasteiger partial charge on any atom is -0.463 e. The van der Waals surface area contributed by atoms with E-state index in [1.807, 2.05) is 80.0 Å². The Morgan fingerprint density at radius 1 is 0.971 bits per heavy atom. The van der Waals surface area contributed by atoms with E-state index in [1.54, 1.807) is 12.1 Å². The zero-order valence-corrected chi connectivity index (χ0v) is 19.5. The van der Waals surface area contributed by atoms with Gasteiger partial charge in [0.05, 0.1) is 19.3 Å². The molecule has 0 radical (unpaired) electrons. The summed E-state index contributed by atoms with van der Waals surface area (Å²) >= 11 is 0. The van der Waals surface area contributed by atoms with Gasteiger partial charge in [0.1, 0.15) is 17.3 Å². The fourth-order valence-electron chi connectivity index (χ4n) is 3.89. The molecule has 3 aromatic carbocycles. The zero-order chi connectivity index (χ0) is 24.2. The number of fused-ring (bicyclic) bond motifs is 1. The van der Waals surface area contributed by atoms with Crippen molar-refractivity contribution in [2.45, 2.75) is 13.5 Å². The lowest BCUT2D eigenvalue weighted by Gasteiger charge is -2.08. The summed E-state index contributed by atoms with van der Waals surface area (Å²) in [6.45, 7) is 2.50. The molecule has 5 aromatic rings. The van der Waals surface area contributed by atoms with E-state index >= 15 is 0 Å². The van der Waals surface area contributed by atoms with E-state index in [0.717, 1.165) is 39.2 Å². The summed E-state index contributed by atoms with van der Waals surface area (Å²) in [6, 6.07) is 27.1. The maximum Gasteiger partial charge on any atom is 0.373 e. The van der Waals surface area contributed by atoms with Crippen molar-refractivity contribution in [2.24, 2.45) is 4.99 Å². The van der Waals surface area contributed by atoms with Gasteiger partial charge in [0.15, 0.2) is 0 Å². The number of para-hydroxylation sites is 2. The van der Waals surface area contributed by atoms with Crippen molar-refractivity contribution in [3.63, 3.8) is 0 Å². The molecule has 0 saturated carbocycles. The number of hydrogen-bond donors (Lipinski definition) is 0. The van der Waals surface area contributed by atoms with Crippen LogP contribution in [0.4, 0.5) is 5.69 Å². The molecule has 0 bridgehead atoms. The predicted molar refractivity (Wildman–Crippen MR) is 136 cm³/mol. The van der Waals surface area contributed by atoms with Gasteiger partial charge in [0.25, 0.3) is 0 Å². The molecular weight excluding hydrogens is 440 g/mol. The number of methoxy groups -OCH3 is 1. The zero-order valence-electron chi connectivity index (χ0n) is 19.5. The lowest BCUT2D eigenvalue weighted by molar-refractivity contribution is 0.0563. The van der Waals surface area contributed by atoms with E-state index in [9.17, 15) is 4.79 Å². The van der Waals surface area contributed by atoms with E-state index in [2.05, 4.69) is 21.7 Å². The van der Waals surface area contributed by atoms with E-state index in [1.165, 1.54) is 7.11 Å². The van der Waals surface area contributed by atoms with Crippen LogP contribution >= 0.6 is 0 Å². The Bertz CT molecular complexity index is 1510. The highest BCUT2D eigenvalue weighted by Crippen LogP contribution is 2.27. The molecule has 0 N–H and O–H groups in total. The number of hydrogen-bond acceptors (Lipinski definition) is 5. The van der Waals surface area contributed by atoms with E-state index < -0.39 is 5.97 Å². The number of aryl methyl sites for hydroxylation is 1. The van der Waals surface area contributed by atoms with Crippen LogP contribution in [-0.2, 0) is 11.3 Å². The number of furan rings is 1. The number of aromatic nitrogens is 1. The van der Waals surface area contributed by atoms with Gasteiger partial charge < -0.3 is 18.5 Å². The van der Waals surface area contributed by atoms with Crippen LogP contribution in [0.2, 0.25) is 0 Å². The number of esters is 1. The molecule has 6 heteroatoms. The van der Waals surface area contributed by atoms with Gasteiger partial charge in [0.2, 0.25) is 5.76 Å². The number of carbonyl (C=O) groups excluding carboxylic acids is 1. The monoisotopic (exact) mass is 464 g/mol. The molecule has 2 heterocycles. The average molecular weight is 465 g/mol. The van der Waals surface area contributed by atoms with E-state index in [-0.39, 0.29) is 5.76 Å².